The number of fused-ring (bicyclic) bond motifs is 3. The minimum Gasteiger partial charge on any atom is -0.461 e. The largest absolute Gasteiger partial charge is 0.461 e. The number of aryl methyl sites for hydroxylation is 2. The Kier molecular flexibility index (Phi) is 4.75. The van der Waals surface area contributed by atoms with Crippen molar-refractivity contribution < 1.29 is 9.21 Å². The Balaban J connectivity index is 1.75. The van der Waals surface area contributed by atoms with Crippen LogP contribution in [0, 0.1) is 6.92 Å². The summed E-state index contributed by atoms with van der Waals surface area (Å²) in [5.41, 5.74) is 1.64. The van der Waals surface area contributed by atoms with Gasteiger partial charge in [0.2, 0.25) is 5.82 Å². The van der Waals surface area contributed by atoms with E-state index >= 15 is 0 Å². The molecule has 0 aliphatic heterocycles. The summed E-state index contributed by atoms with van der Waals surface area (Å²) < 4.78 is 8.16. The molecule has 0 radical (unpaired) electrons. The second kappa shape index (κ2) is 7.47. The van der Waals surface area contributed by atoms with Crippen LogP contribution in [0.1, 0.15) is 27.7 Å². The number of Topliss-reactive ketones (excluding diaryl/α,β-unsaturated/α-hetero) is 1. The van der Waals surface area contributed by atoms with Crippen LogP contribution in [0.3, 0.4) is 0 Å². The van der Waals surface area contributed by atoms with Gasteiger partial charge in [0.15, 0.2) is 17.2 Å². The number of carbonyl (C=O) groups is 1. The van der Waals surface area contributed by atoms with Gasteiger partial charge in [-0.25, -0.2) is 9.78 Å². The SMILES string of the molecule is CCc1c(C)sc2c1c1nc(-c3ccco3)nn1c(=O)n2CC(=O)c1ccc(Cl)cc1. The highest BCUT2D eigenvalue weighted by molar-refractivity contribution is 7.19. The minimum atomic E-state index is -0.418. The summed E-state index contributed by atoms with van der Waals surface area (Å²) >= 11 is 7.43. The monoisotopic (exact) mass is 452 g/mol. The molecule has 0 spiro atoms. The van der Waals surface area contributed by atoms with Gasteiger partial charge < -0.3 is 4.42 Å². The highest BCUT2D eigenvalue weighted by Crippen LogP contribution is 2.33. The van der Waals surface area contributed by atoms with E-state index < -0.39 is 5.69 Å². The van der Waals surface area contributed by atoms with Gasteiger partial charge in [0.25, 0.3) is 0 Å². The fraction of sp³-hybridized carbons (Fsp3) is 0.182. The third-order valence-corrected chi connectivity index (χ3v) is 6.66. The number of ketones is 1. The smallest absolute Gasteiger partial charge is 0.352 e. The number of furan rings is 1. The van der Waals surface area contributed by atoms with Crippen LogP contribution < -0.4 is 5.69 Å². The first kappa shape index (κ1) is 19.7. The van der Waals surface area contributed by atoms with Crippen LogP contribution in [0.4, 0.5) is 0 Å². The van der Waals surface area contributed by atoms with E-state index in [1.54, 1.807) is 36.4 Å². The standard InChI is InChI=1S/C22H17ClN4O3S/c1-3-15-12(2)31-21-18(15)20-24-19(17-5-4-10-30-17)25-27(20)22(29)26(21)11-16(28)13-6-8-14(23)9-7-13/h4-10H,3,11H2,1-2H3. The highest BCUT2D eigenvalue weighted by Gasteiger charge is 2.23. The molecule has 0 unspecified atom stereocenters. The van der Waals surface area contributed by atoms with Crippen molar-refractivity contribution >= 4 is 44.6 Å². The highest BCUT2D eigenvalue weighted by atomic mass is 35.5. The molecule has 0 bridgehead atoms. The molecule has 31 heavy (non-hydrogen) atoms. The predicted molar refractivity (Wildman–Crippen MR) is 120 cm³/mol. The van der Waals surface area contributed by atoms with Crippen LogP contribution in [-0.4, -0.2) is 24.9 Å². The molecule has 0 amide bonds. The van der Waals surface area contributed by atoms with E-state index in [0.29, 0.717) is 32.6 Å². The number of nitrogens with zero attached hydrogens (tertiary/aromatic N) is 4. The summed E-state index contributed by atoms with van der Waals surface area (Å²) in [4.78, 5) is 32.7. The minimum absolute atomic E-state index is 0.105. The van der Waals surface area contributed by atoms with E-state index in [1.807, 2.05) is 6.92 Å². The van der Waals surface area contributed by atoms with E-state index in [-0.39, 0.29) is 12.3 Å². The molecular weight excluding hydrogens is 436 g/mol. The van der Waals surface area contributed by atoms with E-state index in [2.05, 4.69) is 17.0 Å². The number of thiophene rings is 1. The van der Waals surface area contributed by atoms with Crippen molar-refractivity contribution in [2.24, 2.45) is 0 Å². The van der Waals surface area contributed by atoms with Gasteiger partial charge in [-0.15, -0.1) is 16.4 Å². The van der Waals surface area contributed by atoms with Crippen molar-refractivity contribution in [2.45, 2.75) is 26.8 Å². The Morgan fingerprint density at radius 2 is 2.00 bits per heavy atom. The van der Waals surface area contributed by atoms with E-state index in [4.69, 9.17) is 16.0 Å². The fourth-order valence-corrected chi connectivity index (χ4v) is 5.09. The maximum absolute atomic E-state index is 13.4. The number of hydrogen-bond acceptors (Lipinski definition) is 6. The van der Waals surface area contributed by atoms with Crippen molar-refractivity contribution in [1.82, 2.24) is 19.2 Å². The van der Waals surface area contributed by atoms with Gasteiger partial charge in [-0.05, 0) is 55.3 Å². The summed E-state index contributed by atoms with van der Waals surface area (Å²) in [6.45, 7) is 3.97. The van der Waals surface area contributed by atoms with Crippen LogP contribution in [0.2, 0.25) is 5.02 Å². The number of rotatable bonds is 5. The molecule has 1 aromatic carbocycles. The lowest BCUT2D eigenvalue weighted by atomic mass is 10.1. The molecule has 5 aromatic rings. The average Bonchev–Trinajstić information content (AvgIpc) is 3.49. The van der Waals surface area contributed by atoms with E-state index in [9.17, 15) is 9.59 Å². The molecule has 4 heterocycles. The Labute approximate surface area is 185 Å². The van der Waals surface area contributed by atoms with Gasteiger partial charge in [-0.1, -0.05) is 18.5 Å². The van der Waals surface area contributed by atoms with Crippen LogP contribution >= 0.6 is 22.9 Å². The van der Waals surface area contributed by atoms with Crippen LogP contribution in [-0.2, 0) is 13.0 Å². The first-order chi connectivity index (χ1) is 15.0. The maximum Gasteiger partial charge on any atom is 0.352 e. The number of halogens is 1. The van der Waals surface area contributed by atoms with Gasteiger partial charge >= 0.3 is 5.69 Å². The fourth-order valence-electron chi connectivity index (χ4n) is 3.74. The van der Waals surface area contributed by atoms with Gasteiger partial charge in [0, 0.05) is 15.5 Å². The quantitative estimate of drug-likeness (QED) is 0.358. The first-order valence-electron chi connectivity index (χ1n) is 9.72. The Morgan fingerprint density at radius 3 is 2.68 bits per heavy atom. The third kappa shape index (κ3) is 3.19. The maximum atomic E-state index is 13.4. The zero-order chi connectivity index (χ0) is 21.7. The van der Waals surface area contributed by atoms with Gasteiger partial charge in [0.05, 0.1) is 18.2 Å². The van der Waals surface area contributed by atoms with E-state index in [0.717, 1.165) is 22.2 Å². The Hall–Kier alpha value is -3.23. The van der Waals surface area contributed by atoms with Crippen LogP contribution in [0.5, 0.6) is 0 Å². The molecule has 4 aromatic heterocycles. The van der Waals surface area contributed by atoms with E-state index in [1.165, 1.54) is 26.7 Å². The van der Waals surface area contributed by atoms with Crippen LogP contribution in [0.25, 0.3) is 27.4 Å². The summed E-state index contributed by atoms with van der Waals surface area (Å²) in [7, 11) is 0. The second-order valence-electron chi connectivity index (χ2n) is 7.12. The molecular formula is C22H17ClN4O3S. The lowest BCUT2D eigenvalue weighted by molar-refractivity contribution is 0.0972. The number of hydrogen-bond donors (Lipinski definition) is 0. The van der Waals surface area contributed by atoms with Crippen LogP contribution in [0.15, 0.2) is 51.9 Å². The predicted octanol–water partition coefficient (Wildman–Crippen LogP) is 4.77. The molecule has 5 rings (SSSR count). The molecule has 0 aliphatic carbocycles. The summed E-state index contributed by atoms with van der Waals surface area (Å²) in [6, 6.07) is 10.1. The van der Waals surface area contributed by atoms with Crippen molar-refractivity contribution in [3.63, 3.8) is 0 Å². The lowest BCUT2D eigenvalue weighted by Gasteiger charge is -2.08. The molecule has 0 N–H and O–H groups in total. The average molecular weight is 453 g/mol. The molecule has 0 saturated carbocycles. The molecule has 156 valence electrons. The van der Waals surface area contributed by atoms with Crippen molar-refractivity contribution in [1.29, 1.82) is 0 Å². The molecule has 9 heteroatoms. The summed E-state index contributed by atoms with van der Waals surface area (Å²) in [5.74, 6) is 0.621. The normalized spacial score (nSPS) is 11.6. The zero-order valence-corrected chi connectivity index (χ0v) is 18.3. The third-order valence-electron chi connectivity index (χ3n) is 5.24. The Morgan fingerprint density at radius 1 is 1.23 bits per heavy atom. The lowest BCUT2D eigenvalue weighted by Crippen LogP contribution is -2.30. The van der Waals surface area contributed by atoms with Crippen molar-refractivity contribution in [3.8, 4) is 11.6 Å². The van der Waals surface area contributed by atoms with Crippen molar-refractivity contribution in [2.75, 3.05) is 0 Å². The molecule has 0 aliphatic rings. The molecule has 0 atom stereocenters. The Bertz CT molecular complexity index is 1490. The molecule has 0 saturated heterocycles. The summed E-state index contributed by atoms with van der Waals surface area (Å²) in [6.07, 6.45) is 2.31. The topological polar surface area (TPSA) is 82.4 Å². The number of benzene rings is 1. The van der Waals surface area contributed by atoms with Crippen molar-refractivity contribution in [3.05, 3.63) is 74.2 Å². The van der Waals surface area contributed by atoms with Gasteiger partial charge in [-0.2, -0.15) is 4.52 Å². The number of aromatic nitrogens is 4. The first-order valence-corrected chi connectivity index (χ1v) is 10.9. The summed E-state index contributed by atoms with van der Waals surface area (Å²) in [5, 5.41) is 5.79. The molecule has 7 nitrogen and oxygen atoms in total. The second-order valence-corrected chi connectivity index (χ2v) is 8.76. The van der Waals surface area contributed by atoms with Gasteiger partial charge in [-0.3, -0.25) is 9.36 Å². The van der Waals surface area contributed by atoms with Gasteiger partial charge in [0.1, 0.15) is 4.83 Å². The number of carbonyl (C=O) groups excluding carboxylic acids is 1. The zero-order valence-electron chi connectivity index (χ0n) is 16.8. The molecule has 0 fully saturated rings.